The number of rotatable bonds is 25. The SMILES string of the molecule is CCN(CC)c1ccc(NC(=O)c2cccc(C(=O)N(C)CCN(C)CCOCCCOCCOCCNC(=O)c3cscn3)c2)c(-c2cc(C(N)=O)ccn2)c1. The number of thiazole rings is 1. The number of amides is 4. The highest BCUT2D eigenvalue weighted by atomic mass is 32.1. The van der Waals surface area contributed by atoms with Gasteiger partial charge < -0.3 is 45.3 Å². The molecule has 16 heteroatoms. The molecule has 0 spiro atoms. The van der Waals surface area contributed by atoms with Crippen LogP contribution in [0.1, 0.15) is 61.8 Å². The number of aromatic nitrogens is 2. The van der Waals surface area contributed by atoms with Crippen LogP contribution in [-0.2, 0) is 14.2 Å². The summed E-state index contributed by atoms with van der Waals surface area (Å²) in [4.78, 5) is 65.0. The van der Waals surface area contributed by atoms with E-state index in [0.717, 1.165) is 25.2 Å². The fraction of sp³-hybridized carbons (Fsp3) is 0.415. The fourth-order valence-corrected chi connectivity index (χ4v) is 6.20. The maximum atomic E-state index is 13.6. The molecule has 15 nitrogen and oxygen atoms in total. The van der Waals surface area contributed by atoms with Crippen LogP contribution in [0.3, 0.4) is 0 Å². The minimum absolute atomic E-state index is 0.199. The first kappa shape index (κ1) is 44.5. The minimum atomic E-state index is -0.575. The summed E-state index contributed by atoms with van der Waals surface area (Å²) in [7, 11) is 3.71. The molecule has 57 heavy (non-hydrogen) atoms. The van der Waals surface area contributed by atoms with Crippen LogP contribution < -0.4 is 21.3 Å². The van der Waals surface area contributed by atoms with E-state index in [0.29, 0.717) is 105 Å². The lowest BCUT2D eigenvalue weighted by atomic mass is 10.0. The normalized spacial score (nSPS) is 11.0. The summed E-state index contributed by atoms with van der Waals surface area (Å²) in [6.07, 6.45) is 2.27. The molecule has 2 aromatic carbocycles. The summed E-state index contributed by atoms with van der Waals surface area (Å²) in [5.74, 6) is -1.37. The summed E-state index contributed by atoms with van der Waals surface area (Å²) in [5, 5.41) is 7.44. The first-order valence-electron chi connectivity index (χ1n) is 19.0. The molecule has 4 N–H and O–H groups in total. The Balaban J connectivity index is 1.16. The Labute approximate surface area is 338 Å². The van der Waals surface area contributed by atoms with E-state index < -0.39 is 11.8 Å². The van der Waals surface area contributed by atoms with E-state index in [2.05, 4.69) is 44.2 Å². The van der Waals surface area contributed by atoms with E-state index >= 15 is 0 Å². The van der Waals surface area contributed by atoms with E-state index in [1.165, 1.54) is 17.5 Å². The quantitative estimate of drug-likeness (QED) is 0.0815. The molecule has 4 amide bonds. The number of carbonyl (C=O) groups excluding carboxylic acids is 4. The van der Waals surface area contributed by atoms with Crippen LogP contribution in [0.2, 0.25) is 0 Å². The van der Waals surface area contributed by atoms with Gasteiger partial charge in [0.15, 0.2) is 0 Å². The van der Waals surface area contributed by atoms with E-state index in [1.807, 2.05) is 25.2 Å². The second kappa shape index (κ2) is 23.7. The molecule has 306 valence electrons. The van der Waals surface area contributed by atoms with E-state index in [-0.39, 0.29) is 11.8 Å². The van der Waals surface area contributed by atoms with Gasteiger partial charge in [-0.2, -0.15) is 0 Å². The molecule has 4 rings (SSSR count). The number of ether oxygens (including phenoxy) is 3. The van der Waals surface area contributed by atoms with Gasteiger partial charge in [0.05, 0.1) is 43.3 Å². The number of anilines is 2. The largest absolute Gasteiger partial charge is 0.380 e. The highest BCUT2D eigenvalue weighted by Gasteiger charge is 2.18. The molecule has 2 aromatic heterocycles. The van der Waals surface area contributed by atoms with Gasteiger partial charge >= 0.3 is 0 Å². The second-order valence-corrected chi connectivity index (χ2v) is 13.8. The summed E-state index contributed by atoms with van der Waals surface area (Å²) >= 11 is 1.38. The average Bonchev–Trinajstić information content (AvgIpc) is 3.78. The lowest BCUT2D eigenvalue weighted by molar-refractivity contribution is 0.0344. The third-order valence-corrected chi connectivity index (χ3v) is 9.59. The number of likely N-dealkylation sites (N-methyl/N-ethyl adjacent to an activating group) is 2. The van der Waals surface area contributed by atoms with Gasteiger partial charge in [0.1, 0.15) is 5.69 Å². The number of primary amides is 1. The maximum Gasteiger partial charge on any atom is 0.270 e. The van der Waals surface area contributed by atoms with Crippen molar-refractivity contribution >= 4 is 46.3 Å². The Morgan fingerprint density at radius 2 is 1.51 bits per heavy atom. The molecule has 0 bridgehead atoms. The molecule has 4 aromatic rings. The summed E-state index contributed by atoms with van der Waals surface area (Å²) in [5.41, 5.74) is 11.2. The Morgan fingerprint density at radius 3 is 2.23 bits per heavy atom. The van der Waals surface area contributed by atoms with Gasteiger partial charge in [0.25, 0.3) is 17.7 Å². The molecule has 0 fully saturated rings. The van der Waals surface area contributed by atoms with Crippen molar-refractivity contribution in [1.29, 1.82) is 0 Å². The number of carbonyl (C=O) groups is 4. The molecule has 0 radical (unpaired) electrons. The average molecular weight is 803 g/mol. The number of hydrogen-bond acceptors (Lipinski definition) is 12. The molecule has 0 unspecified atom stereocenters. The van der Waals surface area contributed by atoms with Gasteiger partial charge in [-0.05, 0) is 75.8 Å². The van der Waals surface area contributed by atoms with Crippen molar-refractivity contribution in [2.24, 2.45) is 5.73 Å². The topological polar surface area (TPSA) is 182 Å². The first-order chi connectivity index (χ1) is 27.6. The second-order valence-electron chi connectivity index (χ2n) is 13.1. The summed E-state index contributed by atoms with van der Waals surface area (Å²) in [6, 6.07) is 15.5. The van der Waals surface area contributed by atoms with Crippen LogP contribution in [0, 0.1) is 0 Å². The number of nitrogens with one attached hydrogen (secondary N) is 2. The van der Waals surface area contributed by atoms with Gasteiger partial charge in [-0.25, -0.2) is 4.98 Å². The monoisotopic (exact) mass is 802 g/mol. The number of nitrogens with two attached hydrogens (primary N) is 1. The Kier molecular flexibility index (Phi) is 18.5. The highest BCUT2D eigenvalue weighted by Crippen LogP contribution is 2.32. The summed E-state index contributed by atoms with van der Waals surface area (Å²) in [6.45, 7) is 10.9. The Hall–Kier alpha value is -5.26. The zero-order valence-electron chi connectivity index (χ0n) is 33.2. The lowest BCUT2D eigenvalue weighted by Crippen LogP contribution is -2.36. The minimum Gasteiger partial charge on any atom is -0.380 e. The van der Waals surface area contributed by atoms with Crippen molar-refractivity contribution in [2.75, 3.05) is 103 Å². The Morgan fingerprint density at radius 1 is 0.772 bits per heavy atom. The third kappa shape index (κ3) is 14.3. The zero-order valence-corrected chi connectivity index (χ0v) is 34.0. The van der Waals surface area contributed by atoms with Crippen LogP contribution in [0.4, 0.5) is 11.4 Å². The van der Waals surface area contributed by atoms with Crippen LogP contribution in [0.25, 0.3) is 11.3 Å². The van der Waals surface area contributed by atoms with Crippen molar-refractivity contribution in [2.45, 2.75) is 20.3 Å². The summed E-state index contributed by atoms with van der Waals surface area (Å²) < 4.78 is 16.8. The maximum absolute atomic E-state index is 13.6. The van der Waals surface area contributed by atoms with Crippen molar-refractivity contribution in [1.82, 2.24) is 25.1 Å². The van der Waals surface area contributed by atoms with Gasteiger partial charge in [-0.3, -0.25) is 24.2 Å². The smallest absolute Gasteiger partial charge is 0.270 e. The number of hydrogen-bond donors (Lipinski definition) is 3. The van der Waals surface area contributed by atoms with Crippen molar-refractivity contribution in [3.63, 3.8) is 0 Å². The molecular formula is C41H54N8O7S. The highest BCUT2D eigenvalue weighted by molar-refractivity contribution is 7.07. The van der Waals surface area contributed by atoms with Crippen LogP contribution >= 0.6 is 11.3 Å². The van der Waals surface area contributed by atoms with Crippen LogP contribution in [-0.4, -0.2) is 136 Å². The van der Waals surface area contributed by atoms with Gasteiger partial charge in [0, 0.05) is 99.0 Å². The molecule has 2 heterocycles. The van der Waals surface area contributed by atoms with Crippen LogP contribution in [0.15, 0.2) is 71.7 Å². The van der Waals surface area contributed by atoms with Crippen LogP contribution in [0.5, 0.6) is 0 Å². The predicted molar refractivity (Wildman–Crippen MR) is 222 cm³/mol. The van der Waals surface area contributed by atoms with Crippen molar-refractivity contribution in [3.8, 4) is 11.3 Å². The molecule has 0 aliphatic heterocycles. The molecule has 0 aliphatic carbocycles. The lowest BCUT2D eigenvalue weighted by Gasteiger charge is -2.23. The number of nitrogens with zero attached hydrogens (tertiary/aromatic N) is 5. The fourth-order valence-electron chi connectivity index (χ4n) is 5.67. The molecule has 0 atom stereocenters. The van der Waals surface area contributed by atoms with Gasteiger partial charge in [0.2, 0.25) is 5.91 Å². The zero-order chi connectivity index (χ0) is 41.0. The first-order valence-corrected chi connectivity index (χ1v) is 20.0. The molecule has 0 saturated heterocycles. The van der Waals surface area contributed by atoms with E-state index in [1.54, 1.807) is 59.2 Å². The van der Waals surface area contributed by atoms with Crippen molar-refractivity contribution in [3.05, 3.63) is 94.1 Å². The molecule has 0 saturated carbocycles. The van der Waals surface area contributed by atoms with Gasteiger partial charge in [-0.1, -0.05) is 6.07 Å². The molecule has 0 aliphatic rings. The Bertz CT molecular complexity index is 1890. The standard InChI is InChI=1S/C41H54N8O7S/c1-5-49(6-2)33-11-12-35(34(27-33)36-26-30(38(42)50)13-14-43-36)46-39(51)31-9-7-10-32(25-31)41(53)48(4)17-16-47(3)18-22-54-19-8-20-55-23-24-56-21-15-44-40(52)37-28-57-29-45-37/h7,9-14,25-29H,5-6,8,15-24H2,1-4H3,(H2,42,50)(H,44,52)(H,46,51). The molecular weight excluding hydrogens is 749 g/mol. The van der Waals surface area contributed by atoms with E-state index in [9.17, 15) is 19.2 Å². The number of pyridine rings is 1. The number of benzene rings is 2. The predicted octanol–water partition coefficient (Wildman–Crippen LogP) is 4.28. The van der Waals surface area contributed by atoms with E-state index in [4.69, 9.17) is 19.9 Å². The van der Waals surface area contributed by atoms with Gasteiger partial charge in [-0.15, -0.1) is 11.3 Å². The third-order valence-electron chi connectivity index (χ3n) is 9.00. The van der Waals surface area contributed by atoms with Crippen molar-refractivity contribution < 1.29 is 33.4 Å².